The van der Waals surface area contributed by atoms with E-state index >= 15 is 0 Å². The molecule has 208 valence electrons. The lowest BCUT2D eigenvalue weighted by atomic mass is 10.0. The molecule has 1 aliphatic heterocycles. The topological polar surface area (TPSA) is 81.2 Å². The average molecular weight is 592 g/mol. The van der Waals surface area contributed by atoms with Gasteiger partial charge in [0.25, 0.3) is 5.56 Å². The van der Waals surface area contributed by atoms with Gasteiger partial charge in [0.1, 0.15) is 0 Å². The summed E-state index contributed by atoms with van der Waals surface area (Å²) in [7, 11) is -1.31. The molecule has 0 aliphatic carbocycles. The molecule has 0 saturated carbocycles. The van der Waals surface area contributed by atoms with Crippen LogP contribution in [0, 0.1) is 0 Å². The Kier molecular flexibility index (Phi) is 10.8. The second kappa shape index (κ2) is 13.4. The van der Waals surface area contributed by atoms with Crippen LogP contribution in [-0.4, -0.2) is 44.0 Å². The molecule has 0 radical (unpaired) electrons. The van der Waals surface area contributed by atoms with Crippen LogP contribution in [0.3, 0.4) is 0 Å². The quantitative estimate of drug-likeness (QED) is 0.389. The Hall–Kier alpha value is -1.98. The van der Waals surface area contributed by atoms with E-state index in [4.69, 9.17) is 28.9 Å². The summed E-state index contributed by atoms with van der Waals surface area (Å²) in [6.45, 7) is 5.81. The van der Waals surface area contributed by atoms with Gasteiger partial charge in [-0.05, 0) is 67.9 Å². The SMILES string of the molecule is CCN.CCS(=O)c1ccc(Cl)cc1Cn1cnc2c(Cl)c(CN3CCCCC3)c(C(F)(F)F)cc2c1=O. The molecule has 0 amide bonds. The largest absolute Gasteiger partial charge is 0.416 e. The van der Waals surface area contributed by atoms with E-state index in [9.17, 15) is 22.2 Å². The van der Waals surface area contributed by atoms with E-state index in [2.05, 4.69) is 4.98 Å². The van der Waals surface area contributed by atoms with Gasteiger partial charge in [-0.25, -0.2) is 4.98 Å². The third kappa shape index (κ3) is 7.15. The molecular weight excluding hydrogens is 560 g/mol. The number of aromatic nitrogens is 2. The van der Waals surface area contributed by atoms with Crippen molar-refractivity contribution >= 4 is 44.9 Å². The van der Waals surface area contributed by atoms with Gasteiger partial charge in [-0.1, -0.05) is 43.5 Å². The molecule has 1 atom stereocenters. The summed E-state index contributed by atoms with van der Waals surface area (Å²) in [4.78, 5) is 20.0. The van der Waals surface area contributed by atoms with Gasteiger partial charge in [-0.2, -0.15) is 13.2 Å². The zero-order chi connectivity index (χ0) is 28.0. The van der Waals surface area contributed by atoms with Crippen LogP contribution >= 0.6 is 23.2 Å². The molecule has 0 spiro atoms. The van der Waals surface area contributed by atoms with Crippen molar-refractivity contribution in [2.75, 3.05) is 25.4 Å². The van der Waals surface area contributed by atoms with Crippen LogP contribution in [0.1, 0.15) is 49.8 Å². The second-order valence-electron chi connectivity index (χ2n) is 8.92. The number of halogens is 5. The fourth-order valence-electron chi connectivity index (χ4n) is 4.40. The normalized spacial score (nSPS) is 15.3. The van der Waals surface area contributed by atoms with E-state index in [0.29, 0.717) is 34.3 Å². The lowest BCUT2D eigenvalue weighted by Gasteiger charge is -2.28. The number of nitrogens with two attached hydrogens (primary N) is 1. The average Bonchev–Trinajstić information content (AvgIpc) is 2.87. The molecular formula is C26H31Cl2F3N4O2S. The summed E-state index contributed by atoms with van der Waals surface area (Å²) in [5.41, 5.74) is 3.77. The number of nitrogens with zero attached hydrogens (tertiary/aromatic N) is 3. The molecule has 1 unspecified atom stereocenters. The highest BCUT2D eigenvalue weighted by molar-refractivity contribution is 7.85. The van der Waals surface area contributed by atoms with Crippen molar-refractivity contribution in [2.24, 2.45) is 5.73 Å². The molecule has 4 rings (SSSR count). The lowest BCUT2D eigenvalue weighted by Crippen LogP contribution is -2.30. The fourth-order valence-corrected chi connectivity index (χ4v) is 5.85. The maximum absolute atomic E-state index is 14.1. The number of benzene rings is 2. The van der Waals surface area contributed by atoms with Gasteiger partial charge in [0.05, 0.1) is 45.2 Å². The Morgan fingerprint density at radius 1 is 1.08 bits per heavy atom. The van der Waals surface area contributed by atoms with E-state index in [0.717, 1.165) is 31.9 Å². The minimum absolute atomic E-state index is 0.0383. The number of rotatable bonds is 6. The molecule has 38 heavy (non-hydrogen) atoms. The van der Waals surface area contributed by atoms with Crippen molar-refractivity contribution in [1.29, 1.82) is 0 Å². The van der Waals surface area contributed by atoms with Crippen LogP contribution in [0.2, 0.25) is 10.0 Å². The first-order valence-corrected chi connectivity index (χ1v) is 14.5. The van der Waals surface area contributed by atoms with Crippen LogP contribution in [0.4, 0.5) is 13.2 Å². The Labute approximate surface area is 232 Å². The van der Waals surface area contributed by atoms with Crippen molar-refractivity contribution in [1.82, 2.24) is 14.5 Å². The maximum Gasteiger partial charge on any atom is 0.416 e. The molecule has 2 N–H and O–H groups in total. The number of hydrogen-bond donors (Lipinski definition) is 1. The van der Waals surface area contributed by atoms with Gasteiger partial charge in [0.15, 0.2) is 0 Å². The van der Waals surface area contributed by atoms with E-state index in [1.165, 1.54) is 10.9 Å². The predicted octanol–water partition coefficient (Wildman–Crippen LogP) is 5.85. The third-order valence-electron chi connectivity index (χ3n) is 6.17. The fraction of sp³-hybridized carbons (Fsp3) is 0.462. The molecule has 1 aromatic heterocycles. The predicted molar refractivity (Wildman–Crippen MR) is 147 cm³/mol. The van der Waals surface area contributed by atoms with Crippen LogP contribution < -0.4 is 11.3 Å². The zero-order valence-corrected chi connectivity index (χ0v) is 23.6. The number of piperidine rings is 1. The maximum atomic E-state index is 14.1. The van der Waals surface area contributed by atoms with Crippen LogP contribution in [0.5, 0.6) is 0 Å². The molecule has 0 bridgehead atoms. The Morgan fingerprint density at radius 2 is 1.74 bits per heavy atom. The highest BCUT2D eigenvalue weighted by Gasteiger charge is 2.36. The van der Waals surface area contributed by atoms with E-state index < -0.39 is 28.1 Å². The molecule has 1 saturated heterocycles. The van der Waals surface area contributed by atoms with Crippen molar-refractivity contribution in [3.8, 4) is 0 Å². The molecule has 12 heteroatoms. The van der Waals surface area contributed by atoms with Gasteiger partial charge in [0, 0.05) is 22.2 Å². The Bertz CT molecular complexity index is 1360. The summed E-state index contributed by atoms with van der Waals surface area (Å²) >= 11 is 12.6. The summed E-state index contributed by atoms with van der Waals surface area (Å²) in [6, 6.07) is 5.68. The van der Waals surface area contributed by atoms with Crippen molar-refractivity contribution in [3.05, 3.63) is 67.7 Å². The Morgan fingerprint density at radius 3 is 2.34 bits per heavy atom. The second-order valence-corrected chi connectivity index (χ2v) is 11.4. The number of alkyl halides is 3. The smallest absolute Gasteiger partial charge is 0.331 e. The first-order valence-electron chi connectivity index (χ1n) is 12.4. The molecule has 2 heterocycles. The highest BCUT2D eigenvalue weighted by atomic mass is 35.5. The monoisotopic (exact) mass is 590 g/mol. The number of fused-ring (bicyclic) bond motifs is 1. The van der Waals surface area contributed by atoms with Gasteiger partial charge >= 0.3 is 6.18 Å². The molecule has 1 aliphatic rings. The van der Waals surface area contributed by atoms with Crippen LogP contribution in [-0.2, 0) is 30.1 Å². The first-order chi connectivity index (χ1) is 18.0. The summed E-state index contributed by atoms with van der Waals surface area (Å²) in [5.74, 6) is 0.365. The van der Waals surface area contributed by atoms with Gasteiger partial charge < -0.3 is 5.73 Å². The van der Waals surface area contributed by atoms with Crippen molar-refractivity contribution in [3.63, 3.8) is 0 Å². The minimum Gasteiger partial charge on any atom is -0.331 e. The summed E-state index contributed by atoms with van der Waals surface area (Å²) in [6.07, 6.45) is -0.536. The van der Waals surface area contributed by atoms with E-state index in [1.54, 1.807) is 25.1 Å². The lowest BCUT2D eigenvalue weighted by molar-refractivity contribution is -0.138. The highest BCUT2D eigenvalue weighted by Crippen LogP contribution is 2.39. The van der Waals surface area contributed by atoms with Crippen LogP contribution in [0.15, 0.2) is 40.3 Å². The zero-order valence-electron chi connectivity index (χ0n) is 21.3. The van der Waals surface area contributed by atoms with E-state index in [1.807, 2.05) is 11.8 Å². The minimum atomic E-state index is -4.69. The number of hydrogen-bond acceptors (Lipinski definition) is 5. The number of likely N-dealkylation sites (tertiary alicyclic amines) is 1. The van der Waals surface area contributed by atoms with Gasteiger partial charge in [-0.15, -0.1) is 0 Å². The van der Waals surface area contributed by atoms with E-state index in [-0.39, 0.29) is 34.6 Å². The molecule has 3 aromatic rings. The molecule has 2 aromatic carbocycles. The molecule has 1 fully saturated rings. The summed E-state index contributed by atoms with van der Waals surface area (Å²) < 4.78 is 55.8. The van der Waals surface area contributed by atoms with Crippen molar-refractivity contribution < 1.29 is 17.4 Å². The summed E-state index contributed by atoms with van der Waals surface area (Å²) in [5, 5.41) is 0.0241. The van der Waals surface area contributed by atoms with Crippen molar-refractivity contribution in [2.45, 2.75) is 57.3 Å². The standard InChI is InChI=1S/C24H24Cl2F3N3O2S.C2H7N/c1-2-35(34)20-7-6-16(25)10-15(20)12-32-14-30-22-17(23(32)33)11-19(24(27,28)29)18(21(22)26)13-31-8-4-3-5-9-31;1-2-3/h6-7,10-11,14H,2-5,8-9,12-13H2,1H3;2-3H2,1H3. The molecule has 6 nitrogen and oxygen atoms in total. The third-order valence-corrected chi connectivity index (χ3v) is 8.22. The first kappa shape index (κ1) is 30.6. The van der Waals surface area contributed by atoms with Gasteiger partial charge in [-0.3, -0.25) is 18.5 Å². The van der Waals surface area contributed by atoms with Crippen LogP contribution in [0.25, 0.3) is 10.9 Å². The Balaban J connectivity index is 0.00000127. The van der Waals surface area contributed by atoms with Gasteiger partial charge in [0.2, 0.25) is 0 Å².